The molecule has 2 atom stereocenters. The van der Waals surface area contributed by atoms with Gasteiger partial charge in [0.25, 0.3) is 0 Å². The SMILES string of the molecule is C/C(=C\c1cc2c(cc1C)-c1cc3ccc(N(c4ccc(-c5ccccc5)cc4)c4ccccc4-c4ccc(C(C)C)cc4)cc3cc1C2)N(c1ccccc1C1=CCCC=C1)c1ccccc1C1=CC=CC2C#CC12. The topological polar surface area (TPSA) is 6.48 Å². The number of nitrogens with zero attached hydrogens (tertiary/aromatic N) is 2. The lowest BCUT2D eigenvalue weighted by Crippen LogP contribution is -2.23. The van der Waals surface area contributed by atoms with Crippen LogP contribution in [-0.4, -0.2) is 0 Å². The number of allylic oxidation sites excluding steroid dienone is 9. The standard InChI is InChI=1S/C74H60N2/c1-49(2)52-30-32-57(33-31-52)67-24-12-15-28-73(67)76(63-38-34-54(35-39-63)53-18-7-5-8-19-53)64-40-36-58-48-71-62(45-60(58)47-64)46-61-44-59(50(3)42-70(61)71)43-51(4)75(72-27-14-11-23-66(72)55-20-9-6-10-21-55)74-29-16-13-25-69(74)68-26-17-22-56-37-41-65(56)68/h5,7-9,11-36,38-40,42-45,47-49,56,65H,6,10,46H2,1-4H3/b51-43+. The van der Waals surface area contributed by atoms with E-state index in [1.54, 1.807) is 0 Å². The molecule has 0 aromatic heterocycles. The van der Waals surface area contributed by atoms with Gasteiger partial charge in [0.2, 0.25) is 0 Å². The third kappa shape index (κ3) is 8.63. The Hall–Kier alpha value is -8.90. The van der Waals surface area contributed by atoms with Crippen LogP contribution in [0.15, 0.2) is 236 Å². The Bertz CT molecular complexity index is 3960. The van der Waals surface area contributed by atoms with Crippen molar-refractivity contribution >= 4 is 56.4 Å². The first-order valence-electron chi connectivity index (χ1n) is 27.1. The molecule has 4 aliphatic carbocycles. The smallest absolute Gasteiger partial charge is 0.0631 e. The molecular formula is C74H60N2. The summed E-state index contributed by atoms with van der Waals surface area (Å²) in [5, 5.41) is 2.48. The molecule has 0 bridgehead atoms. The molecule has 0 N–H and O–H groups in total. The predicted molar refractivity (Wildman–Crippen MR) is 323 cm³/mol. The maximum absolute atomic E-state index is 3.50. The molecule has 4 aliphatic rings. The average molecular weight is 977 g/mol. The van der Waals surface area contributed by atoms with E-state index in [2.05, 4.69) is 286 Å². The number of fused-ring (bicyclic) bond motifs is 5. The van der Waals surface area contributed by atoms with Gasteiger partial charge in [-0.1, -0.05) is 208 Å². The predicted octanol–water partition coefficient (Wildman–Crippen LogP) is 19.8. The minimum atomic E-state index is 0.214. The average Bonchev–Trinajstić information content (AvgIpc) is 3.87. The van der Waals surface area contributed by atoms with E-state index in [-0.39, 0.29) is 11.8 Å². The summed E-state index contributed by atoms with van der Waals surface area (Å²) in [6.07, 6.45) is 19.1. The zero-order chi connectivity index (χ0) is 51.3. The highest BCUT2D eigenvalue weighted by Crippen LogP contribution is 2.48. The first-order valence-corrected chi connectivity index (χ1v) is 27.1. The van der Waals surface area contributed by atoms with Gasteiger partial charge in [-0.05, 0) is 171 Å². The van der Waals surface area contributed by atoms with Crippen molar-refractivity contribution in [2.75, 3.05) is 9.80 Å². The number of para-hydroxylation sites is 3. The fraction of sp³-hybridized carbons (Fsp3) is 0.135. The van der Waals surface area contributed by atoms with Gasteiger partial charge >= 0.3 is 0 Å². The monoisotopic (exact) mass is 976 g/mol. The lowest BCUT2D eigenvalue weighted by Gasteiger charge is -2.34. The third-order valence-corrected chi connectivity index (χ3v) is 16.1. The summed E-state index contributed by atoms with van der Waals surface area (Å²) in [7, 11) is 0. The highest BCUT2D eigenvalue weighted by molar-refractivity contribution is 5.98. The van der Waals surface area contributed by atoms with Gasteiger partial charge in [-0.15, -0.1) is 0 Å². The van der Waals surface area contributed by atoms with Gasteiger partial charge < -0.3 is 9.80 Å². The van der Waals surface area contributed by atoms with Crippen molar-refractivity contribution in [2.45, 2.75) is 52.9 Å². The summed E-state index contributed by atoms with van der Waals surface area (Å²) in [6.45, 7) is 9.08. The van der Waals surface area contributed by atoms with E-state index in [0.717, 1.165) is 42.0 Å². The van der Waals surface area contributed by atoms with Crippen LogP contribution in [0.3, 0.4) is 0 Å². The number of hydrogen-bond donors (Lipinski definition) is 0. The Morgan fingerprint density at radius 2 is 1.22 bits per heavy atom. The minimum absolute atomic E-state index is 0.214. The molecule has 0 heterocycles. The largest absolute Gasteiger partial charge is 0.313 e. The Morgan fingerprint density at radius 1 is 0.566 bits per heavy atom. The second-order valence-electron chi connectivity index (χ2n) is 21.2. The number of rotatable bonds is 12. The van der Waals surface area contributed by atoms with Crippen molar-refractivity contribution in [3.05, 3.63) is 275 Å². The number of benzene rings is 9. The zero-order valence-electron chi connectivity index (χ0n) is 43.8. The van der Waals surface area contributed by atoms with Gasteiger partial charge in [0, 0.05) is 33.8 Å². The van der Waals surface area contributed by atoms with E-state index in [4.69, 9.17) is 0 Å². The number of anilines is 5. The van der Waals surface area contributed by atoms with Crippen LogP contribution in [0.4, 0.5) is 28.4 Å². The molecule has 0 radical (unpaired) electrons. The van der Waals surface area contributed by atoms with Gasteiger partial charge in [0.05, 0.1) is 28.9 Å². The summed E-state index contributed by atoms with van der Waals surface area (Å²) >= 11 is 0. The molecule has 9 aromatic carbocycles. The lowest BCUT2D eigenvalue weighted by atomic mass is 9.74. The van der Waals surface area contributed by atoms with Crippen molar-refractivity contribution in [2.24, 2.45) is 11.8 Å². The summed E-state index contributed by atoms with van der Waals surface area (Å²) in [4.78, 5) is 4.94. The Kier molecular flexibility index (Phi) is 12.2. The van der Waals surface area contributed by atoms with Crippen LogP contribution in [0.1, 0.15) is 78.5 Å². The molecule has 9 aromatic rings. The normalized spacial score (nSPS) is 16.0. The second-order valence-corrected chi connectivity index (χ2v) is 21.2. The highest BCUT2D eigenvalue weighted by Gasteiger charge is 2.31. The van der Waals surface area contributed by atoms with Crippen molar-refractivity contribution in [1.29, 1.82) is 0 Å². The molecular weight excluding hydrogens is 917 g/mol. The van der Waals surface area contributed by atoms with Gasteiger partial charge in [-0.3, -0.25) is 0 Å². The van der Waals surface area contributed by atoms with Crippen molar-refractivity contribution in [3.63, 3.8) is 0 Å². The van der Waals surface area contributed by atoms with Crippen molar-refractivity contribution < 1.29 is 0 Å². The third-order valence-electron chi connectivity index (χ3n) is 16.1. The van der Waals surface area contributed by atoms with Gasteiger partial charge in [0.1, 0.15) is 0 Å². The molecule has 0 saturated heterocycles. The molecule has 0 spiro atoms. The van der Waals surface area contributed by atoms with Crippen LogP contribution < -0.4 is 9.80 Å². The minimum Gasteiger partial charge on any atom is -0.313 e. The van der Waals surface area contributed by atoms with Crippen molar-refractivity contribution in [1.82, 2.24) is 0 Å². The maximum Gasteiger partial charge on any atom is 0.0631 e. The fourth-order valence-electron chi connectivity index (χ4n) is 12.0. The molecule has 0 fully saturated rings. The van der Waals surface area contributed by atoms with Crippen LogP contribution in [0.25, 0.3) is 61.4 Å². The Morgan fingerprint density at radius 3 is 1.96 bits per heavy atom. The maximum atomic E-state index is 3.50. The van der Waals surface area contributed by atoms with Crippen LogP contribution >= 0.6 is 0 Å². The number of hydrogen-bond acceptors (Lipinski definition) is 2. The molecule has 76 heavy (non-hydrogen) atoms. The molecule has 2 nitrogen and oxygen atoms in total. The first kappa shape index (κ1) is 46.9. The zero-order valence-corrected chi connectivity index (χ0v) is 43.8. The fourth-order valence-corrected chi connectivity index (χ4v) is 12.0. The summed E-state index contributed by atoms with van der Waals surface area (Å²) < 4.78 is 0. The molecule has 2 unspecified atom stereocenters. The summed E-state index contributed by atoms with van der Waals surface area (Å²) in [6, 6.07) is 72.4. The van der Waals surface area contributed by atoms with Gasteiger partial charge in [-0.2, -0.15) is 0 Å². The first-order chi connectivity index (χ1) is 37.3. The van der Waals surface area contributed by atoms with Crippen molar-refractivity contribution in [3.8, 4) is 45.2 Å². The van der Waals surface area contributed by atoms with Gasteiger partial charge in [-0.25, -0.2) is 0 Å². The Balaban J connectivity index is 0.877. The van der Waals surface area contributed by atoms with E-state index in [1.165, 1.54) is 106 Å². The van der Waals surface area contributed by atoms with E-state index in [0.29, 0.717) is 5.92 Å². The lowest BCUT2D eigenvalue weighted by molar-refractivity contribution is 0.685. The quantitative estimate of drug-likeness (QED) is 0.113. The highest BCUT2D eigenvalue weighted by atomic mass is 15.2. The van der Waals surface area contributed by atoms with E-state index < -0.39 is 0 Å². The van der Waals surface area contributed by atoms with E-state index >= 15 is 0 Å². The number of aryl methyl sites for hydroxylation is 1. The van der Waals surface area contributed by atoms with Crippen LogP contribution in [0, 0.1) is 30.6 Å². The molecule has 0 aliphatic heterocycles. The summed E-state index contributed by atoms with van der Waals surface area (Å²) in [5.74, 6) is 7.85. The van der Waals surface area contributed by atoms with Crippen LogP contribution in [0.2, 0.25) is 0 Å². The Labute approximate surface area is 449 Å². The van der Waals surface area contributed by atoms with Crippen LogP contribution in [-0.2, 0) is 6.42 Å². The molecule has 366 valence electrons. The molecule has 0 saturated carbocycles. The molecule has 0 amide bonds. The van der Waals surface area contributed by atoms with Crippen LogP contribution in [0.5, 0.6) is 0 Å². The van der Waals surface area contributed by atoms with Gasteiger partial charge in [0.15, 0.2) is 0 Å². The summed E-state index contributed by atoms with van der Waals surface area (Å²) in [5.41, 5.74) is 26.0. The second kappa shape index (κ2) is 19.7. The van der Waals surface area contributed by atoms with E-state index in [9.17, 15) is 0 Å². The van der Waals surface area contributed by atoms with E-state index in [1.807, 2.05) is 0 Å². The molecule has 13 rings (SSSR count). The molecule has 2 heteroatoms.